The van der Waals surface area contributed by atoms with Crippen molar-refractivity contribution < 1.29 is 69.3 Å². The Morgan fingerprint density at radius 3 is 1.10 bits per heavy atom. The molecular formula is C38H36O14. The van der Waals surface area contributed by atoms with Crippen LogP contribution in [0.2, 0.25) is 0 Å². The molecule has 0 bridgehead atoms. The molecule has 0 heterocycles. The number of carboxylic acids is 5. The predicted octanol–water partition coefficient (Wildman–Crippen LogP) is 7.34. The minimum Gasteiger partial charge on any atom is -0.508 e. The average Bonchev–Trinajstić information content (AvgIpc) is 3.08. The fourth-order valence-corrected chi connectivity index (χ4v) is 3.68. The first-order chi connectivity index (χ1) is 23.8. The highest BCUT2D eigenvalue weighted by molar-refractivity contribution is 5.98. The van der Waals surface area contributed by atoms with Crippen LogP contribution in [0.25, 0.3) is 11.5 Å². The number of aromatic carboxylic acids is 5. The van der Waals surface area contributed by atoms with Gasteiger partial charge in [-0.1, -0.05) is 63.0 Å². The lowest BCUT2D eigenvalue weighted by Gasteiger charge is -2.03. The van der Waals surface area contributed by atoms with Crippen LogP contribution in [0.3, 0.4) is 0 Å². The van der Waals surface area contributed by atoms with Gasteiger partial charge in [-0.05, 0) is 62.4 Å². The summed E-state index contributed by atoms with van der Waals surface area (Å²) >= 11 is 0. The van der Waals surface area contributed by atoms with Gasteiger partial charge in [-0.15, -0.1) is 0 Å². The van der Waals surface area contributed by atoms with Gasteiger partial charge in [-0.3, -0.25) is 9.59 Å². The SMILES string of the molecule is C.C=C(O)c1cc(C(=O)O)cc(C(=O)O)c1.C=C(O)c1ccccc1C(=O)O.CC(=O)c1ccc(C(=O)O)cc1.CC(=O)c1cccc(C(=O)O)c1. The first kappa shape index (κ1) is 44.6. The molecule has 4 aromatic carbocycles. The summed E-state index contributed by atoms with van der Waals surface area (Å²) in [6.45, 7) is 9.30. The highest BCUT2D eigenvalue weighted by Crippen LogP contribution is 2.16. The molecular weight excluding hydrogens is 680 g/mol. The van der Waals surface area contributed by atoms with Crippen molar-refractivity contribution in [1.29, 1.82) is 0 Å². The number of ketones is 2. The van der Waals surface area contributed by atoms with Crippen molar-refractivity contribution >= 4 is 52.9 Å². The Hall–Kier alpha value is -7.35. The van der Waals surface area contributed by atoms with Crippen LogP contribution in [0.15, 0.2) is 104 Å². The summed E-state index contributed by atoms with van der Waals surface area (Å²) in [6, 6.07) is 21.3. The Kier molecular flexibility index (Phi) is 17.9. The molecule has 0 aromatic heterocycles. The molecule has 0 amide bonds. The Morgan fingerprint density at radius 1 is 0.385 bits per heavy atom. The van der Waals surface area contributed by atoms with Crippen molar-refractivity contribution in [1.82, 2.24) is 0 Å². The number of aliphatic hydroxyl groups excluding tert-OH is 2. The zero-order chi connectivity index (χ0) is 39.0. The van der Waals surface area contributed by atoms with Gasteiger partial charge in [-0.25, -0.2) is 24.0 Å². The van der Waals surface area contributed by atoms with Gasteiger partial charge in [0.1, 0.15) is 11.5 Å². The number of carbonyl (C=O) groups is 7. The van der Waals surface area contributed by atoms with E-state index in [1.165, 1.54) is 62.4 Å². The summed E-state index contributed by atoms with van der Waals surface area (Å²) < 4.78 is 0. The average molecular weight is 717 g/mol. The fraction of sp³-hybridized carbons (Fsp3) is 0.0789. The molecule has 7 N–H and O–H groups in total. The van der Waals surface area contributed by atoms with Gasteiger partial charge in [0, 0.05) is 22.3 Å². The van der Waals surface area contributed by atoms with E-state index in [0.29, 0.717) is 11.1 Å². The third kappa shape index (κ3) is 14.4. The van der Waals surface area contributed by atoms with Crippen molar-refractivity contribution in [2.24, 2.45) is 0 Å². The lowest BCUT2D eigenvalue weighted by Crippen LogP contribution is -2.03. The molecule has 0 aliphatic heterocycles. The summed E-state index contributed by atoms with van der Waals surface area (Å²) in [6.07, 6.45) is 0. The molecule has 4 aromatic rings. The van der Waals surface area contributed by atoms with E-state index in [-0.39, 0.29) is 69.5 Å². The van der Waals surface area contributed by atoms with E-state index in [4.69, 9.17) is 35.7 Å². The van der Waals surface area contributed by atoms with Gasteiger partial charge in [0.2, 0.25) is 0 Å². The number of hydrogen-bond donors (Lipinski definition) is 7. The standard InChI is InChI=1S/C10H8O5.3C9H8O3.CH4/c1-5(11)6-2-7(9(12)13)4-8(3-6)10(14)15;1-6(10)7-2-4-8(5-3-7)9(11)12;1-6(10)7-3-2-4-8(5-7)9(11)12;1-6(10)7-4-2-3-5-8(7)9(11)12;/h2-4,11H,1H2,(H,12,13)(H,14,15);2*2-5H,1H3,(H,11,12);2-5,10H,1H2,(H,11,12);1H4. The molecule has 0 fully saturated rings. The first-order valence-corrected chi connectivity index (χ1v) is 14.2. The maximum absolute atomic E-state index is 10.8. The first-order valence-electron chi connectivity index (χ1n) is 14.2. The van der Waals surface area contributed by atoms with E-state index in [1.54, 1.807) is 24.3 Å². The van der Waals surface area contributed by atoms with Crippen LogP contribution in [-0.2, 0) is 0 Å². The number of rotatable bonds is 9. The van der Waals surface area contributed by atoms with Gasteiger partial charge >= 0.3 is 29.8 Å². The van der Waals surface area contributed by atoms with Crippen molar-refractivity contribution in [2.75, 3.05) is 0 Å². The Morgan fingerprint density at radius 2 is 0.750 bits per heavy atom. The largest absolute Gasteiger partial charge is 0.508 e. The molecule has 4 rings (SSSR count). The number of hydrogen-bond acceptors (Lipinski definition) is 9. The summed E-state index contributed by atoms with van der Waals surface area (Å²) in [4.78, 5) is 74.3. The maximum atomic E-state index is 10.8. The molecule has 0 unspecified atom stereocenters. The topological polar surface area (TPSA) is 261 Å². The van der Waals surface area contributed by atoms with Crippen LogP contribution in [-0.4, -0.2) is 77.2 Å². The molecule has 14 heteroatoms. The van der Waals surface area contributed by atoms with Crippen LogP contribution in [0.1, 0.15) is 105 Å². The molecule has 0 atom stereocenters. The van der Waals surface area contributed by atoms with Gasteiger partial charge in [0.25, 0.3) is 0 Å². The Balaban J connectivity index is 0.000000666. The van der Waals surface area contributed by atoms with Crippen molar-refractivity contribution in [3.63, 3.8) is 0 Å². The van der Waals surface area contributed by atoms with Crippen molar-refractivity contribution in [2.45, 2.75) is 21.3 Å². The number of aliphatic hydroxyl groups is 2. The summed E-state index contributed by atoms with van der Waals surface area (Å²) in [5, 5.41) is 61.2. The summed E-state index contributed by atoms with van der Waals surface area (Å²) in [5.74, 6) is -6.39. The zero-order valence-electron chi connectivity index (χ0n) is 27.1. The molecule has 52 heavy (non-hydrogen) atoms. The molecule has 14 nitrogen and oxygen atoms in total. The second kappa shape index (κ2) is 20.9. The molecule has 0 saturated heterocycles. The Labute approximate surface area is 297 Å². The third-order valence-electron chi connectivity index (χ3n) is 6.28. The van der Waals surface area contributed by atoms with E-state index in [2.05, 4.69) is 13.2 Å². The molecule has 272 valence electrons. The zero-order valence-corrected chi connectivity index (χ0v) is 27.1. The van der Waals surface area contributed by atoms with E-state index >= 15 is 0 Å². The van der Waals surface area contributed by atoms with Crippen molar-refractivity contribution in [3.8, 4) is 0 Å². The minimum atomic E-state index is -1.26. The van der Waals surface area contributed by atoms with Crippen LogP contribution in [0, 0.1) is 0 Å². The van der Waals surface area contributed by atoms with Gasteiger partial charge in [-0.2, -0.15) is 0 Å². The smallest absolute Gasteiger partial charge is 0.336 e. The second-order valence-electron chi connectivity index (χ2n) is 10.0. The third-order valence-corrected chi connectivity index (χ3v) is 6.28. The highest BCUT2D eigenvalue weighted by Gasteiger charge is 2.13. The van der Waals surface area contributed by atoms with Crippen LogP contribution < -0.4 is 0 Å². The number of carbonyl (C=O) groups excluding carboxylic acids is 2. The fourth-order valence-electron chi connectivity index (χ4n) is 3.68. The van der Waals surface area contributed by atoms with E-state index in [1.807, 2.05) is 0 Å². The Bertz CT molecular complexity index is 1810. The van der Waals surface area contributed by atoms with E-state index < -0.39 is 29.8 Å². The molecule has 0 radical (unpaired) electrons. The minimum absolute atomic E-state index is 0. The van der Waals surface area contributed by atoms with Gasteiger partial charge in [0.05, 0.1) is 27.8 Å². The van der Waals surface area contributed by atoms with Gasteiger partial charge in [0.15, 0.2) is 11.6 Å². The molecule has 0 aliphatic rings. The monoisotopic (exact) mass is 716 g/mol. The highest BCUT2D eigenvalue weighted by atomic mass is 16.4. The lowest BCUT2D eigenvalue weighted by atomic mass is 10.0. The van der Waals surface area contributed by atoms with Crippen molar-refractivity contribution in [3.05, 3.63) is 154 Å². The number of Topliss-reactive ketones (excluding diaryl/α,β-unsaturated/α-hetero) is 2. The lowest BCUT2D eigenvalue weighted by molar-refractivity contribution is 0.0679. The normalized spacial score (nSPS) is 9.27. The van der Waals surface area contributed by atoms with Crippen LogP contribution >= 0.6 is 0 Å². The van der Waals surface area contributed by atoms with Crippen LogP contribution in [0.4, 0.5) is 0 Å². The molecule has 0 spiro atoms. The summed E-state index contributed by atoms with van der Waals surface area (Å²) in [5.41, 5.74) is 1.26. The molecule has 0 aliphatic carbocycles. The van der Waals surface area contributed by atoms with Crippen LogP contribution in [0.5, 0.6) is 0 Å². The quantitative estimate of drug-likeness (QED) is 0.0660. The van der Waals surface area contributed by atoms with E-state index in [0.717, 1.165) is 18.2 Å². The van der Waals surface area contributed by atoms with E-state index in [9.17, 15) is 33.6 Å². The second-order valence-corrected chi connectivity index (χ2v) is 10.0. The number of benzene rings is 4. The number of carboxylic acid groups (broad SMARTS) is 5. The van der Waals surface area contributed by atoms with Gasteiger partial charge < -0.3 is 35.7 Å². The predicted molar refractivity (Wildman–Crippen MR) is 191 cm³/mol. The maximum Gasteiger partial charge on any atom is 0.336 e. The summed E-state index contributed by atoms with van der Waals surface area (Å²) in [7, 11) is 0. The molecule has 0 saturated carbocycles.